The Kier molecular flexibility index (Phi) is 3.05. The Morgan fingerprint density at radius 1 is 1.20 bits per heavy atom. The molecule has 128 valence electrons. The largest absolute Gasteiger partial charge is 0.493 e. The maximum Gasteiger partial charge on any atom is 0.293 e. The van der Waals surface area contributed by atoms with Crippen molar-refractivity contribution in [1.82, 2.24) is 0 Å². The minimum atomic E-state index is -1.56. The highest BCUT2D eigenvalue weighted by Gasteiger charge is 2.94. The molecule has 1 saturated heterocycles. The maximum atomic E-state index is 10.1. The predicted octanol–water partition coefficient (Wildman–Crippen LogP) is 0.892. The Hall–Kier alpha value is -2.81. The minimum absolute atomic E-state index is 0.0494. The third kappa shape index (κ3) is 1.46. The molecule has 2 N–H and O–H groups in total. The van der Waals surface area contributed by atoms with E-state index in [1.54, 1.807) is 18.2 Å². The van der Waals surface area contributed by atoms with Gasteiger partial charge in [0, 0.05) is 11.5 Å². The fraction of sp³-hybridized carbons (Fsp3) is 0.471. The van der Waals surface area contributed by atoms with Crippen LogP contribution in [0.3, 0.4) is 0 Å². The van der Waals surface area contributed by atoms with E-state index in [1.165, 1.54) is 14.2 Å². The lowest BCUT2D eigenvalue weighted by Crippen LogP contribution is -2.38. The molecule has 2 fully saturated rings. The van der Waals surface area contributed by atoms with Gasteiger partial charge in [-0.3, -0.25) is 0 Å². The smallest absolute Gasteiger partial charge is 0.293 e. The van der Waals surface area contributed by atoms with Crippen molar-refractivity contribution in [2.75, 3.05) is 27.4 Å². The van der Waals surface area contributed by atoms with Crippen LogP contribution in [-0.2, 0) is 9.47 Å². The number of benzene rings is 1. The lowest BCUT2D eigenvalue weighted by molar-refractivity contribution is -0.184. The third-order valence-electron chi connectivity index (χ3n) is 5.35. The molecule has 2 heterocycles. The number of amidine groups is 1. The van der Waals surface area contributed by atoms with Crippen molar-refractivity contribution in [2.24, 2.45) is 21.6 Å². The molecule has 1 aromatic carbocycles. The summed E-state index contributed by atoms with van der Waals surface area (Å²) in [6.07, 6.45) is 0. The summed E-state index contributed by atoms with van der Waals surface area (Å²) in [7, 11) is 3.03. The number of aliphatic imine (C=N–C) groups is 1. The van der Waals surface area contributed by atoms with Gasteiger partial charge in [0.2, 0.25) is 0 Å². The molecule has 1 aliphatic carbocycles. The molecule has 0 aromatic heterocycles. The summed E-state index contributed by atoms with van der Waals surface area (Å²) >= 11 is 0. The van der Waals surface area contributed by atoms with E-state index in [1.807, 2.05) is 0 Å². The van der Waals surface area contributed by atoms with Crippen molar-refractivity contribution < 1.29 is 18.9 Å². The van der Waals surface area contributed by atoms with Crippen LogP contribution in [0.1, 0.15) is 11.5 Å². The molecular weight excluding hydrogens is 324 g/mol. The summed E-state index contributed by atoms with van der Waals surface area (Å²) in [5.41, 5.74) is 4.06. The molecule has 1 saturated carbocycles. The van der Waals surface area contributed by atoms with Crippen LogP contribution >= 0.6 is 0 Å². The number of para-hydroxylation sites is 1. The van der Waals surface area contributed by atoms with E-state index in [0.29, 0.717) is 17.1 Å². The van der Waals surface area contributed by atoms with Gasteiger partial charge in [-0.1, -0.05) is 12.1 Å². The summed E-state index contributed by atoms with van der Waals surface area (Å²) in [4.78, 5) is 4.24. The summed E-state index contributed by atoms with van der Waals surface area (Å²) in [5.74, 6) is -1.15. The predicted molar refractivity (Wildman–Crippen MR) is 84.6 cm³/mol. The van der Waals surface area contributed by atoms with Crippen LogP contribution in [0, 0.1) is 33.5 Å². The van der Waals surface area contributed by atoms with Crippen molar-refractivity contribution in [3.63, 3.8) is 0 Å². The van der Waals surface area contributed by atoms with E-state index in [0.717, 1.165) is 0 Å². The van der Waals surface area contributed by atoms with E-state index >= 15 is 0 Å². The first-order valence-corrected chi connectivity index (χ1v) is 7.75. The molecular formula is C17H16N4O4. The molecule has 0 amide bonds. The topological polar surface area (TPSA) is 123 Å². The van der Waals surface area contributed by atoms with Crippen molar-refractivity contribution in [3.05, 3.63) is 23.8 Å². The number of hydrogen-bond donors (Lipinski definition) is 1. The number of hydrogen-bond acceptors (Lipinski definition) is 8. The molecule has 1 aromatic rings. The highest BCUT2D eigenvalue weighted by molar-refractivity contribution is 6.00. The number of nitrogens with two attached hydrogens (primary N) is 1. The van der Waals surface area contributed by atoms with Gasteiger partial charge < -0.3 is 24.7 Å². The standard InChI is InChI=1S/C17H16N4O4/c1-22-11-5-3-4-10(12(11)23-2)13-15(8-18)14(20)21-17(16(13,15)9-19)24-6-7-25-17/h3-5,13H,6-7H2,1-2H3,(H2,20,21)/t13-,15-,16-/m1/s1. The van der Waals surface area contributed by atoms with Gasteiger partial charge in [0.15, 0.2) is 16.9 Å². The fourth-order valence-corrected chi connectivity index (χ4v) is 4.32. The van der Waals surface area contributed by atoms with E-state index < -0.39 is 22.7 Å². The van der Waals surface area contributed by atoms with Gasteiger partial charge in [-0.25, -0.2) is 4.99 Å². The minimum Gasteiger partial charge on any atom is -0.493 e. The van der Waals surface area contributed by atoms with Crippen molar-refractivity contribution >= 4 is 5.84 Å². The van der Waals surface area contributed by atoms with E-state index in [9.17, 15) is 10.5 Å². The van der Waals surface area contributed by atoms with Crippen molar-refractivity contribution in [3.8, 4) is 23.6 Å². The Labute approximate surface area is 144 Å². The van der Waals surface area contributed by atoms with Crippen LogP contribution in [-0.4, -0.2) is 39.2 Å². The maximum absolute atomic E-state index is 10.1. The van der Waals surface area contributed by atoms with E-state index in [-0.39, 0.29) is 19.0 Å². The second kappa shape index (κ2) is 4.85. The quantitative estimate of drug-likeness (QED) is 0.866. The Balaban J connectivity index is 1.96. The van der Waals surface area contributed by atoms with E-state index in [2.05, 4.69) is 17.1 Å². The zero-order chi connectivity index (χ0) is 17.9. The van der Waals surface area contributed by atoms with Gasteiger partial charge in [-0.15, -0.1) is 0 Å². The molecule has 1 spiro atoms. The SMILES string of the molecule is COc1cccc([C@@H]2[C@]3(C#N)C(N)=NC4(OCCO4)[C@]23C#N)c1OC. The number of nitriles is 2. The summed E-state index contributed by atoms with van der Waals surface area (Å²) in [5, 5.41) is 20.0. The highest BCUT2D eigenvalue weighted by Crippen LogP contribution is 2.83. The van der Waals surface area contributed by atoms with E-state index in [4.69, 9.17) is 24.7 Å². The van der Waals surface area contributed by atoms with Gasteiger partial charge in [0.1, 0.15) is 11.3 Å². The second-order valence-corrected chi connectivity index (χ2v) is 6.13. The zero-order valence-corrected chi connectivity index (χ0v) is 13.8. The molecule has 0 unspecified atom stereocenters. The van der Waals surface area contributed by atoms with Crippen LogP contribution in [0.2, 0.25) is 0 Å². The third-order valence-corrected chi connectivity index (χ3v) is 5.35. The number of nitrogens with zero attached hydrogens (tertiary/aromatic N) is 3. The summed E-state index contributed by atoms with van der Waals surface area (Å²) in [6.45, 7) is 0.563. The zero-order valence-electron chi connectivity index (χ0n) is 13.8. The first-order chi connectivity index (χ1) is 12.1. The Bertz CT molecular complexity index is 864. The van der Waals surface area contributed by atoms with Gasteiger partial charge in [-0.2, -0.15) is 10.5 Å². The average Bonchev–Trinajstić information content (AvgIpc) is 2.88. The molecule has 3 aliphatic rings. The van der Waals surface area contributed by atoms with Crippen LogP contribution in [0.15, 0.2) is 23.2 Å². The van der Waals surface area contributed by atoms with Gasteiger partial charge in [0.05, 0.1) is 39.6 Å². The van der Waals surface area contributed by atoms with Gasteiger partial charge >= 0.3 is 0 Å². The molecule has 25 heavy (non-hydrogen) atoms. The Morgan fingerprint density at radius 3 is 2.48 bits per heavy atom. The number of methoxy groups -OCH3 is 2. The summed E-state index contributed by atoms with van der Waals surface area (Å²) < 4.78 is 22.2. The molecule has 0 bridgehead atoms. The first-order valence-electron chi connectivity index (χ1n) is 7.75. The number of rotatable bonds is 3. The first kappa shape index (κ1) is 15.7. The lowest BCUT2D eigenvalue weighted by Gasteiger charge is -2.26. The second-order valence-electron chi connectivity index (χ2n) is 6.13. The highest BCUT2D eigenvalue weighted by atomic mass is 16.8. The molecule has 0 radical (unpaired) electrons. The van der Waals surface area contributed by atoms with Crippen LogP contribution in [0.5, 0.6) is 11.5 Å². The van der Waals surface area contributed by atoms with Crippen LogP contribution in [0.4, 0.5) is 0 Å². The Morgan fingerprint density at radius 2 is 1.92 bits per heavy atom. The average molecular weight is 340 g/mol. The van der Waals surface area contributed by atoms with Crippen molar-refractivity contribution in [2.45, 2.75) is 11.8 Å². The van der Waals surface area contributed by atoms with Crippen LogP contribution < -0.4 is 15.2 Å². The fourth-order valence-electron chi connectivity index (χ4n) is 4.32. The number of ether oxygens (including phenoxy) is 4. The molecule has 8 heteroatoms. The van der Waals surface area contributed by atoms with Crippen molar-refractivity contribution in [1.29, 1.82) is 10.5 Å². The normalized spacial score (nSPS) is 33.9. The molecule has 3 atom stereocenters. The van der Waals surface area contributed by atoms with Gasteiger partial charge in [0.25, 0.3) is 5.91 Å². The van der Waals surface area contributed by atoms with Crippen LogP contribution in [0.25, 0.3) is 0 Å². The van der Waals surface area contributed by atoms with Gasteiger partial charge in [-0.05, 0) is 6.07 Å². The molecule has 8 nitrogen and oxygen atoms in total. The molecule has 4 rings (SSSR count). The number of fused-ring (bicyclic) bond motifs is 2. The summed E-state index contributed by atoms with van der Waals surface area (Å²) in [6, 6.07) is 9.76. The monoisotopic (exact) mass is 340 g/mol. The lowest BCUT2D eigenvalue weighted by atomic mass is 9.93. The molecule has 2 aliphatic heterocycles.